The van der Waals surface area contributed by atoms with Crippen molar-refractivity contribution in [1.29, 1.82) is 0 Å². The molecule has 150 valence electrons. The average molecular weight is 412 g/mol. The van der Waals surface area contributed by atoms with Crippen LogP contribution in [-0.2, 0) is 6.54 Å². The van der Waals surface area contributed by atoms with Crippen LogP contribution in [0.2, 0.25) is 5.02 Å². The van der Waals surface area contributed by atoms with Crippen molar-refractivity contribution in [2.24, 2.45) is 0 Å². The largest absolute Gasteiger partial charge is 0.454 e. The van der Waals surface area contributed by atoms with E-state index < -0.39 is 0 Å². The molecule has 1 saturated heterocycles. The lowest BCUT2D eigenvalue weighted by atomic mass is 9.96. The summed E-state index contributed by atoms with van der Waals surface area (Å²) >= 11 is 6.45. The first-order valence-electron chi connectivity index (χ1n) is 9.89. The number of hydrogen-bond acceptors (Lipinski definition) is 6. The second-order valence-electron chi connectivity index (χ2n) is 7.48. The summed E-state index contributed by atoms with van der Waals surface area (Å²) in [7, 11) is 0. The fraction of sp³-hybridized carbons (Fsp3) is 0.364. The third kappa shape index (κ3) is 3.58. The molecule has 3 aromatic rings. The summed E-state index contributed by atoms with van der Waals surface area (Å²) in [6.07, 6.45) is 7.33. The van der Waals surface area contributed by atoms with E-state index in [0.717, 1.165) is 31.0 Å². The zero-order valence-electron chi connectivity index (χ0n) is 16.2. The first-order valence-corrected chi connectivity index (χ1v) is 10.3. The third-order valence-corrected chi connectivity index (χ3v) is 5.93. The second kappa shape index (κ2) is 7.69. The first-order chi connectivity index (χ1) is 14.2. The molecule has 1 fully saturated rings. The Labute approximate surface area is 174 Å². The molecule has 7 heteroatoms. The van der Waals surface area contributed by atoms with Crippen molar-refractivity contribution in [1.82, 2.24) is 14.9 Å². The van der Waals surface area contributed by atoms with Crippen LogP contribution in [0.25, 0.3) is 11.5 Å². The molecule has 0 spiro atoms. The van der Waals surface area contributed by atoms with Crippen molar-refractivity contribution < 1.29 is 13.9 Å². The first kappa shape index (κ1) is 18.5. The molecule has 0 radical (unpaired) electrons. The van der Waals surface area contributed by atoms with Crippen molar-refractivity contribution >= 4 is 11.6 Å². The van der Waals surface area contributed by atoms with E-state index in [1.165, 1.54) is 18.4 Å². The van der Waals surface area contributed by atoms with Gasteiger partial charge in [0.1, 0.15) is 5.76 Å². The number of benzene rings is 1. The molecule has 5 rings (SSSR count). The number of rotatable bonds is 4. The number of piperidine rings is 1. The Morgan fingerprint density at radius 2 is 2.07 bits per heavy atom. The van der Waals surface area contributed by atoms with Crippen LogP contribution >= 0.6 is 11.6 Å². The molecule has 0 saturated carbocycles. The van der Waals surface area contributed by atoms with Gasteiger partial charge < -0.3 is 13.9 Å². The molecule has 2 aliphatic heterocycles. The number of fused-ring (bicyclic) bond motifs is 1. The van der Waals surface area contributed by atoms with Crippen LogP contribution < -0.4 is 9.47 Å². The Hall–Kier alpha value is -2.57. The Kier molecular flexibility index (Phi) is 4.89. The summed E-state index contributed by atoms with van der Waals surface area (Å²) in [5, 5.41) is 0.535. The highest BCUT2D eigenvalue weighted by molar-refractivity contribution is 6.33. The van der Waals surface area contributed by atoms with E-state index in [1.54, 1.807) is 6.07 Å². The highest BCUT2D eigenvalue weighted by Gasteiger charge is 2.27. The summed E-state index contributed by atoms with van der Waals surface area (Å²) in [6, 6.07) is 8.10. The number of aryl methyl sites for hydroxylation is 1. The van der Waals surface area contributed by atoms with Crippen molar-refractivity contribution in [3.63, 3.8) is 0 Å². The van der Waals surface area contributed by atoms with Crippen LogP contribution in [0.3, 0.4) is 0 Å². The summed E-state index contributed by atoms with van der Waals surface area (Å²) in [4.78, 5) is 11.6. The van der Waals surface area contributed by atoms with Gasteiger partial charge in [-0.15, -0.1) is 0 Å². The van der Waals surface area contributed by atoms with Crippen LogP contribution in [0, 0.1) is 6.92 Å². The number of halogens is 1. The fourth-order valence-corrected chi connectivity index (χ4v) is 4.33. The minimum absolute atomic E-state index is 0.204. The lowest BCUT2D eigenvalue weighted by molar-refractivity contribution is 0.138. The van der Waals surface area contributed by atoms with E-state index in [-0.39, 0.29) is 6.79 Å². The molecule has 29 heavy (non-hydrogen) atoms. The normalized spacial score (nSPS) is 18.9. The SMILES string of the molecule is Cc1oc(-c2cc3c(cc2Cl)OCO3)nc1CN1CCCC[C@@H]1c1cccnc1. The smallest absolute Gasteiger partial charge is 0.231 e. The number of pyridine rings is 1. The lowest BCUT2D eigenvalue weighted by Gasteiger charge is -2.35. The van der Waals surface area contributed by atoms with Crippen molar-refractivity contribution in [2.45, 2.75) is 38.8 Å². The Bertz CT molecular complexity index is 1020. The van der Waals surface area contributed by atoms with Gasteiger partial charge in [-0.3, -0.25) is 9.88 Å². The Morgan fingerprint density at radius 3 is 2.90 bits per heavy atom. The molecule has 0 unspecified atom stereocenters. The van der Waals surface area contributed by atoms with Gasteiger partial charge in [-0.25, -0.2) is 4.98 Å². The van der Waals surface area contributed by atoms with Crippen LogP contribution in [-0.4, -0.2) is 28.2 Å². The van der Waals surface area contributed by atoms with Crippen LogP contribution in [0.15, 0.2) is 41.1 Å². The minimum Gasteiger partial charge on any atom is -0.454 e. The van der Waals surface area contributed by atoms with E-state index in [0.29, 0.717) is 34.0 Å². The third-order valence-electron chi connectivity index (χ3n) is 5.62. The van der Waals surface area contributed by atoms with Crippen LogP contribution in [0.4, 0.5) is 0 Å². The number of likely N-dealkylation sites (tertiary alicyclic amines) is 1. The molecule has 0 aliphatic carbocycles. The zero-order chi connectivity index (χ0) is 19.8. The van der Waals surface area contributed by atoms with E-state index in [4.69, 9.17) is 30.5 Å². The van der Waals surface area contributed by atoms with E-state index in [1.807, 2.05) is 31.5 Å². The highest BCUT2D eigenvalue weighted by atomic mass is 35.5. The number of aromatic nitrogens is 2. The van der Waals surface area contributed by atoms with Gasteiger partial charge in [0.05, 0.1) is 16.3 Å². The van der Waals surface area contributed by atoms with Gasteiger partial charge >= 0.3 is 0 Å². The quantitative estimate of drug-likeness (QED) is 0.591. The second-order valence-corrected chi connectivity index (χ2v) is 7.88. The predicted molar refractivity (Wildman–Crippen MR) is 109 cm³/mol. The van der Waals surface area contributed by atoms with Crippen molar-refractivity contribution in [3.05, 3.63) is 58.7 Å². The van der Waals surface area contributed by atoms with Gasteiger partial charge in [0, 0.05) is 31.0 Å². The standard InChI is InChI=1S/C22H22ClN3O3/c1-14-18(12-26-8-3-2-6-19(26)15-5-4-7-24-11-15)25-22(29-14)16-9-20-21(10-17(16)23)28-13-27-20/h4-5,7,9-11,19H,2-3,6,8,12-13H2,1H3/t19-/m1/s1. The molecule has 6 nitrogen and oxygen atoms in total. The molecule has 1 aromatic carbocycles. The molecule has 4 heterocycles. The summed E-state index contributed by atoms with van der Waals surface area (Å²) in [5.74, 6) is 2.63. The van der Waals surface area contributed by atoms with Gasteiger partial charge in [-0.2, -0.15) is 0 Å². The van der Waals surface area contributed by atoms with E-state index >= 15 is 0 Å². The number of ether oxygens (including phenoxy) is 2. The van der Waals surface area contributed by atoms with Gasteiger partial charge in [-0.05, 0) is 44.0 Å². The van der Waals surface area contributed by atoms with Gasteiger partial charge in [0.15, 0.2) is 11.5 Å². The zero-order valence-corrected chi connectivity index (χ0v) is 17.0. The maximum atomic E-state index is 6.45. The molecule has 2 aromatic heterocycles. The Balaban J connectivity index is 1.42. The number of nitrogens with zero attached hydrogens (tertiary/aromatic N) is 3. The molecule has 0 amide bonds. The summed E-state index contributed by atoms with van der Waals surface area (Å²) < 4.78 is 16.8. The average Bonchev–Trinajstić information content (AvgIpc) is 3.34. The number of hydrogen-bond donors (Lipinski definition) is 0. The lowest BCUT2D eigenvalue weighted by Crippen LogP contribution is -2.33. The molecule has 1 atom stereocenters. The monoisotopic (exact) mass is 411 g/mol. The van der Waals surface area contributed by atoms with Crippen molar-refractivity contribution in [2.75, 3.05) is 13.3 Å². The van der Waals surface area contributed by atoms with E-state index in [9.17, 15) is 0 Å². The van der Waals surface area contributed by atoms with Gasteiger partial charge in [-0.1, -0.05) is 24.1 Å². The summed E-state index contributed by atoms with van der Waals surface area (Å²) in [6.45, 7) is 3.93. The van der Waals surface area contributed by atoms with Gasteiger partial charge in [0.2, 0.25) is 12.7 Å². The topological polar surface area (TPSA) is 60.6 Å². The van der Waals surface area contributed by atoms with Crippen LogP contribution in [0.5, 0.6) is 11.5 Å². The summed E-state index contributed by atoms with van der Waals surface area (Å²) in [5.41, 5.74) is 2.91. The maximum absolute atomic E-state index is 6.45. The van der Waals surface area contributed by atoms with Crippen LogP contribution in [0.1, 0.15) is 42.3 Å². The molecular weight excluding hydrogens is 390 g/mol. The fourth-order valence-electron chi connectivity index (χ4n) is 4.09. The predicted octanol–water partition coefficient (Wildman–Crippen LogP) is 5.15. The van der Waals surface area contributed by atoms with Gasteiger partial charge in [0.25, 0.3) is 0 Å². The highest BCUT2D eigenvalue weighted by Crippen LogP contribution is 2.41. The maximum Gasteiger partial charge on any atom is 0.231 e. The molecule has 2 aliphatic rings. The molecule has 0 N–H and O–H groups in total. The molecular formula is C22H22ClN3O3. The number of oxazole rings is 1. The molecule has 0 bridgehead atoms. The Morgan fingerprint density at radius 1 is 1.21 bits per heavy atom. The van der Waals surface area contributed by atoms with Crippen molar-refractivity contribution in [3.8, 4) is 23.0 Å². The van der Waals surface area contributed by atoms with E-state index in [2.05, 4.69) is 16.0 Å². The minimum atomic E-state index is 0.204.